The summed E-state index contributed by atoms with van der Waals surface area (Å²) in [5, 5.41) is 9.73. The third-order valence-electron chi connectivity index (χ3n) is 4.36. The van der Waals surface area contributed by atoms with Gasteiger partial charge in [0.2, 0.25) is 0 Å². The van der Waals surface area contributed by atoms with Crippen LogP contribution in [0.5, 0.6) is 0 Å². The Morgan fingerprint density at radius 2 is 1.94 bits per heavy atom. The molecule has 2 aliphatic heterocycles. The van der Waals surface area contributed by atoms with Crippen LogP contribution in [0.4, 0.5) is 0 Å². The SMILES string of the molecule is CCOC(=O)C[N+]1(C)[C@H]2CC[C@H]1CC(O)C2. The fraction of sp³-hybridized carbons (Fsp3) is 0.917. The standard InChI is InChI=1S/C12H22NO3/c1-3-16-12(15)8-13(2)9-4-5-10(13)7-11(14)6-9/h9-11,14H,3-8H2,1-2H3/q+1/t9-,10-,11?,13?/m0/s1. The highest BCUT2D eigenvalue weighted by molar-refractivity contribution is 5.70. The van der Waals surface area contributed by atoms with E-state index >= 15 is 0 Å². The molecule has 0 aromatic carbocycles. The largest absolute Gasteiger partial charge is 0.462 e. The van der Waals surface area contributed by atoms with E-state index in [0.29, 0.717) is 25.2 Å². The molecule has 0 aliphatic carbocycles. The number of aliphatic hydroxyl groups excluding tert-OH is 1. The van der Waals surface area contributed by atoms with Crippen LogP contribution in [0.2, 0.25) is 0 Å². The second-order valence-electron chi connectivity index (χ2n) is 5.32. The molecule has 0 radical (unpaired) electrons. The fourth-order valence-electron chi connectivity index (χ4n) is 3.46. The van der Waals surface area contributed by atoms with Crippen molar-refractivity contribution in [2.75, 3.05) is 20.2 Å². The Morgan fingerprint density at radius 3 is 2.44 bits per heavy atom. The third kappa shape index (κ3) is 1.96. The van der Waals surface area contributed by atoms with Crippen molar-refractivity contribution in [1.82, 2.24) is 0 Å². The van der Waals surface area contributed by atoms with Gasteiger partial charge in [-0.25, -0.2) is 4.79 Å². The van der Waals surface area contributed by atoms with E-state index in [2.05, 4.69) is 7.05 Å². The van der Waals surface area contributed by atoms with Gasteiger partial charge in [0, 0.05) is 25.7 Å². The molecule has 0 aromatic rings. The maximum Gasteiger partial charge on any atom is 0.361 e. The lowest BCUT2D eigenvalue weighted by Crippen LogP contribution is -2.60. The smallest absolute Gasteiger partial charge is 0.361 e. The van der Waals surface area contributed by atoms with Gasteiger partial charge in [-0.15, -0.1) is 0 Å². The van der Waals surface area contributed by atoms with Gasteiger partial charge in [-0.1, -0.05) is 0 Å². The first kappa shape index (κ1) is 11.9. The molecular formula is C12H22NO3+. The highest BCUT2D eigenvalue weighted by Gasteiger charge is 2.52. The zero-order valence-corrected chi connectivity index (χ0v) is 10.2. The molecule has 2 heterocycles. The number of aliphatic hydroxyl groups is 1. The summed E-state index contributed by atoms with van der Waals surface area (Å²) in [5.41, 5.74) is 0. The fourth-order valence-corrected chi connectivity index (χ4v) is 3.46. The van der Waals surface area contributed by atoms with Crippen molar-refractivity contribution >= 4 is 5.97 Å². The summed E-state index contributed by atoms with van der Waals surface area (Å²) in [7, 11) is 2.14. The van der Waals surface area contributed by atoms with Crippen molar-refractivity contribution < 1.29 is 19.1 Å². The van der Waals surface area contributed by atoms with E-state index in [4.69, 9.17) is 4.74 Å². The summed E-state index contributed by atoms with van der Waals surface area (Å²) in [6.45, 7) is 2.76. The van der Waals surface area contributed by atoms with Crippen LogP contribution in [0.3, 0.4) is 0 Å². The van der Waals surface area contributed by atoms with Gasteiger partial charge in [-0.3, -0.25) is 0 Å². The number of likely N-dealkylation sites (N-methyl/N-ethyl adjacent to an activating group) is 1. The van der Waals surface area contributed by atoms with E-state index in [1.54, 1.807) is 0 Å². The number of hydrogen-bond donors (Lipinski definition) is 1. The van der Waals surface area contributed by atoms with E-state index in [1.165, 1.54) is 0 Å². The van der Waals surface area contributed by atoms with Crippen LogP contribution >= 0.6 is 0 Å². The molecular weight excluding hydrogens is 206 g/mol. The van der Waals surface area contributed by atoms with E-state index in [9.17, 15) is 9.90 Å². The second-order valence-corrected chi connectivity index (χ2v) is 5.32. The number of carbonyl (C=O) groups is 1. The van der Waals surface area contributed by atoms with Gasteiger partial charge in [-0.05, 0) is 6.92 Å². The molecule has 16 heavy (non-hydrogen) atoms. The monoisotopic (exact) mass is 228 g/mol. The van der Waals surface area contributed by atoms with Crippen molar-refractivity contribution in [3.05, 3.63) is 0 Å². The summed E-state index contributed by atoms with van der Waals surface area (Å²) in [5.74, 6) is -0.0988. The molecule has 4 nitrogen and oxygen atoms in total. The van der Waals surface area contributed by atoms with Crippen LogP contribution < -0.4 is 0 Å². The molecule has 2 fully saturated rings. The number of quaternary nitrogens is 1. The number of piperidine rings is 1. The molecule has 4 heteroatoms. The quantitative estimate of drug-likeness (QED) is 0.571. The lowest BCUT2D eigenvalue weighted by atomic mass is 9.97. The second kappa shape index (κ2) is 4.34. The summed E-state index contributed by atoms with van der Waals surface area (Å²) >= 11 is 0. The first-order valence-corrected chi connectivity index (χ1v) is 6.25. The number of hydrogen-bond acceptors (Lipinski definition) is 3. The predicted molar refractivity (Wildman–Crippen MR) is 59.7 cm³/mol. The molecule has 1 N–H and O–H groups in total. The molecule has 0 aromatic heterocycles. The minimum atomic E-state index is -0.161. The Kier molecular flexibility index (Phi) is 3.22. The van der Waals surface area contributed by atoms with E-state index in [-0.39, 0.29) is 12.1 Å². The molecule has 2 saturated heterocycles. The van der Waals surface area contributed by atoms with Crippen LogP contribution in [-0.2, 0) is 9.53 Å². The molecule has 2 rings (SSSR count). The molecule has 2 aliphatic rings. The first-order valence-electron chi connectivity index (χ1n) is 6.25. The lowest BCUT2D eigenvalue weighted by Gasteiger charge is -2.45. The maximum atomic E-state index is 11.6. The van der Waals surface area contributed by atoms with Gasteiger partial charge >= 0.3 is 5.97 Å². The lowest BCUT2D eigenvalue weighted by molar-refractivity contribution is -0.942. The number of carbonyl (C=O) groups excluding carboxylic acids is 1. The van der Waals surface area contributed by atoms with Crippen molar-refractivity contribution in [3.63, 3.8) is 0 Å². The average Bonchev–Trinajstić information content (AvgIpc) is 2.39. The highest BCUT2D eigenvalue weighted by atomic mass is 16.5. The molecule has 0 spiro atoms. The molecule has 92 valence electrons. The Hall–Kier alpha value is -0.610. The normalized spacial score (nSPS) is 42.1. The van der Waals surface area contributed by atoms with E-state index in [0.717, 1.165) is 30.2 Å². The minimum absolute atomic E-state index is 0.0988. The zero-order chi connectivity index (χ0) is 11.8. The predicted octanol–water partition coefficient (Wildman–Crippen LogP) is 0.682. The molecule has 0 unspecified atom stereocenters. The molecule has 0 saturated carbocycles. The minimum Gasteiger partial charge on any atom is -0.462 e. The van der Waals surface area contributed by atoms with Gasteiger partial charge in [-0.2, -0.15) is 0 Å². The van der Waals surface area contributed by atoms with Crippen LogP contribution in [0, 0.1) is 0 Å². The summed E-state index contributed by atoms with van der Waals surface area (Å²) in [6, 6.07) is 0.885. The summed E-state index contributed by atoms with van der Waals surface area (Å²) in [4.78, 5) is 11.6. The number of esters is 1. The highest BCUT2D eigenvalue weighted by Crippen LogP contribution is 2.40. The summed E-state index contributed by atoms with van der Waals surface area (Å²) in [6.07, 6.45) is 3.79. The number of ether oxygens (including phenoxy) is 1. The Labute approximate surface area is 96.8 Å². The van der Waals surface area contributed by atoms with Crippen LogP contribution in [-0.4, -0.2) is 53.9 Å². The molecule has 0 amide bonds. The van der Waals surface area contributed by atoms with Gasteiger partial charge < -0.3 is 14.3 Å². The average molecular weight is 228 g/mol. The molecule has 2 bridgehead atoms. The van der Waals surface area contributed by atoms with Gasteiger partial charge in [0.1, 0.15) is 0 Å². The first-order chi connectivity index (χ1) is 7.56. The Balaban J connectivity index is 2.04. The summed E-state index contributed by atoms with van der Waals surface area (Å²) < 4.78 is 5.83. The Bertz CT molecular complexity index is 265. The number of nitrogens with zero attached hydrogens (tertiary/aromatic N) is 1. The van der Waals surface area contributed by atoms with Crippen LogP contribution in [0.25, 0.3) is 0 Å². The van der Waals surface area contributed by atoms with Gasteiger partial charge in [0.15, 0.2) is 6.54 Å². The third-order valence-corrected chi connectivity index (χ3v) is 4.36. The van der Waals surface area contributed by atoms with Crippen LogP contribution in [0.15, 0.2) is 0 Å². The van der Waals surface area contributed by atoms with Gasteiger partial charge in [0.05, 0.1) is 31.8 Å². The van der Waals surface area contributed by atoms with Crippen molar-refractivity contribution in [1.29, 1.82) is 0 Å². The van der Waals surface area contributed by atoms with Crippen molar-refractivity contribution in [3.8, 4) is 0 Å². The Morgan fingerprint density at radius 1 is 1.38 bits per heavy atom. The van der Waals surface area contributed by atoms with E-state index in [1.807, 2.05) is 6.92 Å². The van der Waals surface area contributed by atoms with Crippen molar-refractivity contribution in [2.24, 2.45) is 0 Å². The topological polar surface area (TPSA) is 46.5 Å². The van der Waals surface area contributed by atoms with E-state index < -0.39 is 0 Å². The van der Waals surface area contributed by atoms with Crippen LogP contribution in [0.1, 0.15) is 32.6 Å². The molecule has 2 atom stereocenters. The zero-order valence-electron chi connectivity index (χ0n) is 10.2. The maximum absolute atomic E-state index is 11.6. The number of fused-ring (bicyclic) bond motifs is 2. The van der Waals surface area contributed by atoms with Gasteiger partial charge in [0.25, 0.3) is 0 Å². The number of rotatable bonds is 3. The van der Waals surface area contributed by atoms with Crippen molar-refractivity contribution in [2.45, 2.75) is 50.8 Å².